The lowest BCUT2D eigenvalue weighted by Crippen LogP contribution is -2.19. The highest BCUT2D eigenvalue weighted by atomic mass is 15.2. The topological polar surface area (TPSA) is 37.8 Å². The van der Waals surface area contributed by atoms with Crippen LogP contribution in [-0.4, -0.2) is 16.7 Å². The molecule has 0 aliphatic carbocycles. The van der Waals surface area contributed by atoms with E-state index < -0.39 is 0 Å². The van der Waals surface area contributed by atoms with Crippen molar-refractivity contribution in [3.63, 3.8) is 0 Å². The Morgan fingerprint density at radius 3 is 2.67 bits per heavy atom. The molecule has 66 valence electrons. The van der Waals surface area contributed by atoms with Crippen molar-refractivity contribution in [1.29, 1.82) is 0 Å². The van der Waals surface area contributed by atoms with Gasteiger partial charge in [0, 0.05) is 12.7 Å². The van der Waals surface area contributed by atoms with E-state index in [1.807, 2.05) is 12.1 Å². The molecule has 1 rings (SSSR count). The molecule has 1 aromatic heterocycles. The Balaban J connectivity index is 2.44. The lowest BCUT2D eigenvalue weighted by Gasteiger charge is -2.18. The number of nitrogens with one attached hydrogen (secondary N) is 1. The van der Waals surface area contributed by atoms with E-state index in [-0.39, 0.29) is 5.41 Å². The fourth-order valence-corrected chi connectivity index (χ4v) is 0.752. The second-order valence-electron chi connectivity index (χ2n) is 4.02. The summed E-state index contributed by atoms with van der Waals surface area (Å²) in [5.41, 5.74) is 0.275. The van der Waals surface area contributed by atoms with E-state index in [1.54, 1.807) is 6.20 Å². The van der Waals surface area contributed by atoms with Gasteiger partial charge in [0.1, 0.15) is 5.82 Å². The summed E-state index contributed by atoms with van der Waals surface area (Å²) in [5.74, 6) is 0.840. The Hall–Kier alpha value is -1.12. The zero-order chi connectivity index (χ0) is 9.03. The predicted molar refractivity (Wildman–Crippen MR) is 50.0 cm³/mol. The monoisotopic (exact) mass is 165 g/mol. The smallest absolute Gasteiger partial charge is 0.148 e. The Labute approximate surface area is 73.2 Å². The van der Waals surface area contributed by atoms with Gasteiger partial charge in [0.25, 0.3) is 0 Å². The molecule has 3 heteroatoms. The molecule has 0 saturated heterocycles. The first-order chi connectivity index (χ1) is 5.58. The van der Waals surface area contributed by atoms with Crippen LogP contribution in [0, 0.1) is 5.41 Å². The molecular formula is C9H15N3. The van der Waals surface area contributed by atoms with Crippen LogP contribution in [0.25, 0.3) is 0 Å². The van der Waals surface area contributed by atoms with Crippen molar-refractivity contribution in [1.82, 2.24) is 10.2 Å². The maximum atomic E-state index is 3.92. The normalized spacial score (nSPS) is 11.2. The van der Waals surface area contributed by atoms with Crippen LogP contribution < -0.4 is 5.32 Å². The lowest BCUT2D eigenvalue weighted by molar-refractivity contribution is 0.442. The summed E-state index contributed by atoms with van der Waals surface area (Å²) >= 11 is 0. The molecule has 0 spiro atoms. The Bertz CT molecular complexity index is 225. The molecule has 1 heterocycles. The van der Waals surface area contributed by atoms with Crippen molar-refractivity contribution in [2.75, 3.05) is 11.9 Å². The molecule has 12 heavy (non-hydrogen) atoms. The molecule has 1 N–H and O–H groups in total. The number of rotatable bonds is 2. The molecule has 0 atom stereocenters. The van der Waals surface area contributed by atoms with E-state index in [0.29, 0.717) is 0 Å². The average molecular weight is 165 g/mol. The van der Waals surface area contributed by atoms with Gasteiger partial charge in [0.2, 0.25) is 0 Å². The molecular weight excluding hydrogens is 150 g/mol. The first-order valence-electron chi connectivity index (χ1n) is 4.09. The second-order valence-corrected chi connectivity index (χ2v) is 4.02. The van der Waals surface area contributed by atoms with Gasteiger partial charge in [-0.05, 0) is 17.5 Å². The molecule has 3 nitrogen and oxygen atoms in total. The van der Waals surface area contributed by atoms with E-state index in [9.17, 15) is 0 Å². The van der Waals surface area contributed by atoms with Gasteiger partial charge in [-0.25, -0.2) is 0 Å². The molecule has 1 aromatic rings. The fraction of sp³-hybridized carbons (Fsp3) is 0.556. The first kappa shape index (κ1) is 8.97. The maximum Gasteiger partial charge on any atom is 0.148 e. The third-order valence-corrected chi connectivity index (χ3v) is 1.37. The minimum absolute atomic E-state index is 0.275. The third-order valence-electron chi connectivity index (χ3n) is 1.37. The minimum Gasteiger partial charge on any atom is -0.368 e. The Morgan fingerprint density at radius 2 is 2.17 bits per heavy atom. The van der Waals surface area contributed by atoms with Gasteiger partial charge in [0.15, 0.2) is 0 Å². The van der Waals surface area contributed by atoms with E-state index in [1.165, 1.54) is 0 Å². The number of aromatic nitrogens is 2. The number of anilines is 1. The second kappa shape index (κ2) is 3.52. The van der Waals surface area contributed by atoms with Crippen molar-refractivity contribution in [3.05, 3.63) is 18.3 Å². The Kier molecular flexibility index (Phi) is 2.63. The van der Waals surface area contributed by atoms with Gasteiger partial charge in [0.05, 0.1) is 0 Å². The first-order valence-corrected chi connectivity index (χ1v) is 4.09. The SMILES string of the molecule is CC(C)(C)CNc1cccnn1. The van der Waals surface area contributed by atoms with Crippen molar-refractivity contribution >= 4 is 5.82 Å². The van der Waals surface area contributed by atoms with Gasteiger partial charge in [-0.3, -0.25) is 0 Å². The van der Waals surface area contributed by atoms with E-state index in [2.05, 4.69) is 36.3 Å². The van der Waals surface area contributed by atoms with Crippen LogP contribution in [-0.2, 0) is 0 Å². The zero-order valence-electron chi connectivity index (χ0n) is 7.83. The van der Waals surface area contributed by atoms with Crippen molar-refractivity contribution in [3.8, 4) is 0 Å². The fourth-order valence-electron chi connectivity index (χ4n) is 0.752. The zero-order valence-corrected chi connectivity index (χ0v) is 7.83. The van der Waals surface area contributed by atoms with Gasteiger partial charge in [-0.1, -0.05) is 20.8 Å². The summed E-state index contributed by atoms with van der Waals surface area (Å²) in [6.07, 6.45) is 1.67. The maximum absolute atomic E-state index is 3.92. The van der Waals surface area contributed by atoms with Crippen LogP contribution in [0.2, 0.25) is 0 Å². The standard InChI is InChI=1S/C9H15N3/c1-9(2,3)7-10-8-5-4-6-11-12-8/h4-6H,7H2,1-3H3,(H,10,12). The molecule has 0 fully saturated rings. The molecule has 0 radical (unpaired) electrons. The summed E-state index contributed by atoms with van der Waals surface area (Å²) < 4.78 is 0. The number of hydrogen-bond donors (Lipinski definition) is 1. The van der Waals surface area contributed by atoms with Crippen LogP contribution >= 0.6 is 0 Å². The van der Waals surface area contributed by atoms with E-state index in [4.69, 9.17) is 0 Å². The quantitative estimate of drug-likeness (QED) is 0.727. The van der Waals surface area contributed by atoms with Crippen molar-refractivity contribution in [2.24, 2.45) is 5.41 Å². The van der Waals surface area contributed by atoms with E-state index >= 15 is 0 Å². The minimum atomic E-state index is 0.275. The summed E-state index contributed by atoms with van der Waals surface area (Å²) in [6.45, 7) is 7.44. The van der Waals surface area contributed by atoms with Crippen LogP contribution in [0.3, 0.4) is 0 Å². The highest BCUT2D eigenvalue weighted by molar-refractivity contribution is 5.31. The molecule has 0 aromatic carbocycles. The average Bonchev–Trinajstić information content (AvgIpc) is 2.02. The molecule has 0 unspecified atom stereocenters. The van der Waals surface area contributed by atoms with Gasteiger partial charge in [-0.15, -0.1) is 5.10 Å². The van der Waals surface area contributed by atoms with Gasteiger partial charge in [-0.2, -0.15) is 5.10 Å². The highest BCUT2D eigenvalue weighted by Gasteiger charge is 2.09. The van der Waals surface area contributed by atoms with E-state index in [0.717, 1.165) is 12.4 Å². The van der Waals surface area contributed by atoms with Gasteiger partial charge < -0.3 is 5.32 Å². The van der Waals surface area contributed by atoms with Gasteiger partial charge >= 0.3 is 0 Å². The largest absolute Gasteiger partial charge is 0.368 e. The molecule has 0 aliphatic heterocycles. The summed E-state index contributed by atoms with van der Waals surface area (Å²) in [4.78, 5) is 0. The highest BCUT2D eigenvalue weighted by Crippen LogP contribution is 2.13. The van der Waals surface area contributed by atoms with Crippen LogP contribution in [0.1, 0.15) is 20.8 Å². The Morgan fingerprint density at radius 1 is 1.42 bits per heavy atom. The molecule has 0 amide bonds. The van der Waals surface area contributed by atoms with Crippen molar-refractivity contribution < 1.29 is 0 Å². The molecule has 0 aliphatic rings. The predicted octanol–water partition coefficient (Wildman–Crippen LogP) is 1.93. The number of nitrogens with zero attached hydrogens (tertiary/aromatic N) is 2. The molecule has 0 saturated carbocycles. The summed E-state index contributed by atoms with van der Waals surface area (Å²) in [5, 5.41) is 10.9. The van der Waals surface area contributed by atoms with Crippen LogP contribution in [0.5, 0.6) is 0 Å². The molecule has 0 bridgehead atoms. The summed E-state index contributed by atoms with van der Waals surface area (Å²) in [6, 6.07) is 3.79. The lowest BCUT2D eigenvalue weighted by atomic mass is 9.97. The summed E-state index contributed by atoms with van der Waals surface area (Å²) in [7, 11) is 0. The van der Waals surface area contributed by atoms with Crippen molar-refractivity contribution in [2.45, 2.75) is 20.8 Å². The van der Waals surface area contributed by atoms with Crippen LogP contribution in [0.15, 0.2) is 18.3 Å². The third kappa shape index (κ3) is 3.32. The number of hydrogen-bond acceptors (Lipinski definition) is 3. The van der Waals surface area contributed by atoms with Crippen LogP contribution in [0.4, 0.5) is 5.82 Å².